The van der Waals surface area contributed by atoms with Gasteiger partial charge < -0.3 is 10.1 Å². The molecule has 0 saturated carbocycles. The summed E-state index contributed by atoms with van der Waals surface area (Å²) >= 11 is 5.76. The van der Waals surface area contributed by atoms with Crippen LogP contribution in [-0.2, 0) is 9.53 Å². The first kappa shape index (κ1) is 17.6. The van der Waals surface area contributed by atoms with Crippen molar-refractivity contribution in [3.05, 3.63) is 59.6 Å². The molecule has 0 aromatic heterocycles. The number of hydrazone groups is 1. The minimum Gasteiger partial charge on any atom is -0.381 e. The van der Waals surface area contributed by atoms with Gasteiger partial charge in [0.25, 0.3) is 0 Å². The second-order valence-corrected chi connectivity index (χ2v) is 4.84. The van der Waals surface area contributed by atoms with Crippen molar-refractivity contribution in [2.75, 3.05) is 10.7 Å². The largest absolute Gasteiger partial charge is 0.574 e. The Kier molecular flexibility index (Phi) is 5.64. The number of carbonyl (C=O) groups excluding carboxylic acids is 1. The van der Waals surface area contributed by atoms with Crippen LogP contribution in [0, 0.1) is 0 Å². The molecule has 0 saturated heterocycles. The van der Waals surface area contributed by atoms with E-state index in [9.17, 15) is 18.0 Å². The van der Waals surface area contributed by atoms with Crippen LogP contribution in [0.25, 0.3) is 0 Å². The van der Waals surface area contributed by atoms with Gasteiger partial charge >= 0.3 is 18.2 Å². The first-order valence-corrected chi connectivity index (χ1v) is 6.93. The van der Waals surface area contributed by atoms with Crippen LogP contribution in [0.15, 0.2) is 59.7 Å². The summed E-state index contributed by atoms with van der Waals surface area (Å²) < 4.78 is 41.1. The fourth-order valence-electron chi connectivity index (χ4n) is 1.61. The topological polar surface area (TPSA) is 62.7 Å². The number of para-hydroxylation sites is 1. The maximum absolute atomic E-state index is 12.5. The molecule has 0 aliphatic carbocycles. The summed E-state index contributed by atoms with van der Waals surface area (Å²) in [4.78, 5) is 11.9. The molecule has 24 heavy (non-hydrogen) atoms. The average molecular weight is 358 g/mol. The lowest BCUT2D eigenvalue weighted by Crippen LogP contribution is -2.31. The summed E-state index contributed by atoms with van der Waals surface area (Å²) in [6.07, 6.45) is -5.07. The third kappa shape index (κ3) is 5.81. The highest BCUT2D eigenvalue weighted by molar-refractivity contribution is 6.39. The molecule has 0 heterocycles. The number of hydrogen-bond donors (Lipinski definition) is 2. The molecule has 0 fully saturated rings. The van der Waals surface area contributed by atoms with Crippen molar-refractivity contribution in [3.63, 3.8) is 0 Å². The van der Waals surface area contributed by atoms with Crippen LogP contribution in [0.2, 0.25) is 5.02 Å². The number of carbonyl (C=O) groups is 1. The third-order valence-corrected chi connectivity index (χ3v) is 2.78. The summed E-state index contributed by atoms with van der Waals surface area (Å²) in [7, 11) is 0. The molecule has 0 aliphatic rings. The zero-order chi connectivity index (χ0) is 17.6. The Bertz CT molecular complexity index is 736. The highest BCUT2D eigenvalue weighted by Crippen LogP contribution is 2.19. The number of amides is 1. The van der Waals surface area contributed by atoms with E-state index >= 15 is 0 Å². The Hall–Kier alpha value is -2.74. The minimum absolute atomic E-state index is 0.290. The van der Waals surface area contributed by atoms with Crippen molar-refractivity contribution in [1.82, 2.24) is 0 Å². The molecule has 5 nitrogen and oxygen atoms in total. The van der Waals surface area contributed by atoms with Crippen LogP contribution in [0.4, 0.5) is 24.5 Å². The zero-order valence-corrected chi connectivity index (χ0v) is 12.7. The van der Waals surface area contributed by atoms with Crippen LogP contribution < -0.4 is 10.7 Å². The smallest absolute Gasteiger partial charge is 0.381 e. The summed E-state index contributed by atoms with van der Waals surface area (Å²) in [6.45, 7) is 0. The van der Waals surface area contributed by atoms with Crippen molar-refractivity contribution in [2.24, 2.45) is 5.10 Å². The number of benzene rings is 2. The maximum atomic E-state index is 12.5. The van der Waals surface area contributed by atoms with Gasteiger partial charge in [-0.2, -0.15) is 0 Å². The molecule has 2 rings (SSSR count). The van der Waals surface area contributed by atoms with Gasteiger partial charge in [0.2, 0.25) is 0 Å². The standard InChI is InChI=1S/C15H11ClF3N3O2/c16-10-5-4-8-12(9-10)21-22-14(24-15(17,18)19)13(23)20-11-6-2-1-3-7-11/h1-9,21H,(H,20,23)/b22-14+. The monoisotopic (exact) mass is 357 g/mol. The fourth-order valence-corrected chi connectivity index (χ4v) is 1.80. The molecule has 2 N–H and O–H groups in total. The molecule has 0 bridgehead atoms. The van der Waals surface area contributed by atoms with Crippen LogP contribution in [0.5, 0.6) is 0 Å². The van der Waals surface area contributed by atoms with Gasteiger partial charge in [0.05, 0.1) is 5.69 Å². The van der Waals surface area contributed by atoms with Crippen LogP contribution in [0.1, 0.15) is 0 Å². The second kappa shape index (κ2) is 7.69. The van der Waals surface area contributed by atoms with E-state index in [1.807, 2.05) is 0 Å². The van der Waals surface area contributed by atoms with E-state index < -0.39 is 18.2 Å². The third-order valence-electron chi connectivity index (χ3n) is 2.55. The Labute approximate surface area is 140 Å². The second-order valence-electron chi connectivity index (χ2n) is 4.41. The molecule has 0 spiro atoms. The van der Waals surface area contributed by atoms with E-state index in [0.29, 0.717) is 16.4 Å². The first-order valence-electron chi connectivity index (χ1n) is 6.55. The molecular formula is C15H11ClF3N3O2. The van der Waals surface area contributed by atoms with Crippen molar-refractivity contribution < 1.29 is 22.7 Å². The molecule has 0 radical (unpaired) electrons. The SMILES string of the molecule is O=C(Nc1ccccc1)/C(=N\Nc1cccc(Cl)c1)OC(F)(F)F. The highest BCUT2D eigenvalue weighted by atomic mass is 35.5. The molecule has 0 unspecified atom stereocenters. The number of nitrogens with zero attached hydrogens (tertiary/aromatic N) is 1. The molecule has 126 valence electrons. The van der Waals surface area contributed by atoms with E-state index in [1.54, 1.807) is 30.3 Å². The van der Waals surface area contributed by atoms with E-state index in [-0.39, 0.29) is 0 Å². The predicted octanol–water partition coefficient (Wildman–Crippen LogP) is 4.24. The van der Waals surface area contributed by atoms with Gasteiger partial charge in [-0.3, -0.25) is 10.2 Å². The van der Waals surface area contributed by atoms with E-state index in [2.05, 4.69) is 20.6 Å². The Balaban J connectivity index is 2.17. The van der Waals surface area contributed by atoms with Crippen LogP contribution in [0.3, 0.4) is 0 Å². The van der Waals surface area contributed by atoms with E-state index in [0.717, 1.165) is 0 Å². The number of hydrogen-bond acceptors (Lipinski definition) is 4. The summed E-state index contributed by atoms with van der Waals surface area (Å²) in [6, 6.07) is 14.0. The molecule has 1 amide bonds. The quantitative estimate of drug-likeness (QED) is 0.490. The van der Waals surface area contributed by atoms with Gasteiger partial charge in [-0.25, -0.2) is 0 Å². The van der Waals surface area contributed by atoms with Gasteiger partial charge in [-0.15, -0.1) is 18.3 Å². The van der Waals surface area contributed by atoms with E-state index in [1.165, 1.54) is 24.3 Å². The molecule has 2 aromatic rings. The average Bonchev–Trinajstić information content (AvgIpc) is 2.51. The lowest BCUT2D eigenvalue weighted by molar-refractivity contribution is -0.283. The van der Waals surface area contributed by atoms with Gasteiger partial charge in [0.1, 0.15) is 0 Å². The predicted molar refractivity (Wildman–Crippen MR) is 84.7 cm³/mol. The number of ether oxygens (including phenoxy) is 1. The molecule has 9 heteroatoms. The molecular weight excluding hydrogens is 347 g/mol. The van der Waals surface area contributed by atoms with Crippen molar-refractivity contribution >= 4 is 34.8 Å². The number of anilines is 2. The summed E-state index contributed by atoms with van der Waals surface area (Å²) in [5.74, 6) is -2.35. The molecule has 0 aliphatic heterocycles. The van der Waals surface area contributed by atoms with E-state index in [4.69, 9.17) is 11.6 Å². The van der Waals surface area contributed by atoms with Crippen LogP contribution in [-0.4, -0.2) is 18.2 Å². The maximum Gasteiger partial charge on any atom is 0.574 e. The summed E-state index contributed by atoms with van der Waals surface area (Å²) in [5, 5.41) is 5.97. The number of nitrogens with one attached hydrogen (secondary N) is 2. The number of alkyl halides is 3. The van der Waals surface area contributed by atoms with Crippen LogP contribution >= 0.6 is 11.6 Å². The number of halogens is 4. The van der Waals surface area contributed by atoms with Gasteiger partial charge in [-0.1, -0.05) is 35.9 Å². The molecule has 0 atom stereocenters. The number of rotatable bonds is 3. The minimum atomic E-state index is -5.07. The Morgan fingerprint density at radius 1 is 1.04 bits per heavy atom. The lowest BCUT2D eigenvalue weighted by Gasteiger charge is -2.12. The van der Waals surface area contributed by atoms with Gasteiger partial charge in [0, 0.05) is 10.7 Å². The van der Waals surface area contributed by atoms with Crippen molar-refractivity contribution in [2.45, 2.75) is 6.36 Å². The summed E-state index contributed by atoms with van der Waals surface area (Å²) in [5.41, 5.74) is 2.88. The van der Waals surface area contributed by atoms with Gasteiger partial charge in [0.15, 0.2) is 0 Å². The Morgan fingerprint density at radius 2 is 1.71 bits per heavy atom. The first-order chi connectivity index (χ1) is 11.3. The molecule has 2 aromatic carbocycles. The van der Waals surface area contributed by atoms with Crippen molar-refractivity contribution in [1.29, 1.82) is 0 Å². The van der Waals surface area contributed by atoms with Gasteiger partial charge in [-0.05, 0) is 30.3 Å². The lowest BCUT2D eigenvalue weighted by atomic mass is 10.3. The van der Waals surface area contributed by atoms with Crippen molar-refractivity contribution in [3.8, 4) is 0 Å². The highest BCUT2D eigenvalue weighted by Gasteiger charge is 2.35. The Morgan fingerprint density at radius 3 is 2.33 bits per heavy atom. The zero-order valence-electron chi connectivity index (χ0n) is 12.0. The normalized spacial score (nSPS) is 11.8. The fraction of sp³-hybridized carbons (Fsp3) is 0.0667.